The number of pyridine rings is 1. The molecule has 1 fully saturated rings. The van der Waals surface area contributed by atoms with Gasteiger partial charge in [-0.25, -0.2) is 15.0 Å². The monoisotopic (exact) mass is 379 g/mol. The molecule has 146 valence electrons. The number of hydrogen-bond acceptors (Lipinski definition) is 7. The highest BCUT2D eigenvalue weighted by Crippen LogP contribution is 2.26. The molecule has 0 bridgehead atoms. The van der Waals surface area contributed by atoms with Crippen LogP contribution in [0.1, 0.15) is 39.6 Å². The number of carbonyl (C=O) groups excluding carboxylic acids is 1. The molecule has 0 spiro atoms. The van der Waals surface area contributed by atoms with Crippen molar-refractivity contribution in [3.63, 3.8) is 0 Å². The standard InChI is InChI=1S/C20H25N7O/c1-12-6-7-15(10-21)17(22-12)24-16-8-9-27(11-16)19-13(2)14(3)23-18(25-19)20(28)26(4)5/h6-7,16H,8-9,11H2,1-5H3,(H,22,24)/t16-/m1/s1. The molecular weight excluding hydrogens is 354 g/mol. The van der Waals surface area contributed by atoms with Gasteiger partial charge in [0.1, 0.15) is 17.7 Å². The fourth-order valence-electron chi connectivity index (χ4n) is 3.24. The van der Waals surface area contributed by atoms with Crippen LogP contribution in [0.25, 0.3) is 0 Å². The van der Waals surface area contributed by atoms with Crippen molar-refractivity contribution in [3.8, 4) is 6.07 Å². The first-order chi connectivity index (χ1) is 13.3. The molecule has 1 aliphatic heterocycles. The van der Waals surface area contributed by atoms with Gasteiger partial charge < -0.3 is 15.1 Å². The molecule has 1 saturated heterocycles. The van der Waals surface area contributed by atoms with Gasteiger partial charge in [-0.3, -0.25) is 4.79 Å². The van der Waals surface area contributed by atoms with Gasteiger partial charge in [0.25, 0.3) is 5.91 Å². The van der Waals surface area contributed by atoms with E-state index in [1.807, 2.05) is 26.8 Å². The Morgan fingerprint density at radius 2 is 2.00 bits per heavy atom. The zero-order chi connectivity index (χ0) is 20.4. The summed E-state index contributed by atoms with van der Waals surface area (Å²) < 4.78 is 0. The highest BCUT2D eigenvalue weighted by molar-refractivity contribution is 5.90. The molecule has 8 heteroatoms. The summed E-state index contributed by atoms with van der Waals surface area (Å²) in [5.74, 6) is 1.42. The summed E-state index contributed by atoms with van der Waals surface area (Å²) in [7, 11) is 3.38. The molecule has 8 nitrogen and oxygen atoms in total. The van der Waals surface area contributed by atoms with Crippen LogP contribution in [0.2, 0.25) is 0 Å². The van der Waals surface area contributed by atoms with E-state index < -0.39 is 0 Å². The molecule has 1 amide bonds. The number of hydrogen-bond donors (Lipinski definition) is 1. The lowest BCUT2D eigenvalue weighted by Gasteiger charge is -2.22. The molecule has 1 N–H and O–H groups in total. The normalized spacial score (nSPS) is 16.0. The fourth-order valence-corrected chi connectivity index (χ4v) is 3.24. The van der Waals surface area contributed by atoms with Crippen molar-refractivity contribution in [1.82, 2.24) is 19.9 Å². The quantitative estimate of drug-likeness (QED) is 0.868. The zero-order valence-electron chi connectivity index (χ0n) is 16.9. The van der Waals surface area contributed by atoms with Gasteiger partial charge in [0.2, 0.25) is 5.82 Å². The minimum atomic E-state index is -0.208. The van der Waals surface area contributed by atoms with E-state index in [4.69, 9.17) is 0 Å². The highest BCUT2D eigenvalue weighted by atomic mass is 16.2. The summed E-state index contributed by atoms with van der Waals surface area (Å²) in [6, 6.07) is 5.95. The van der Waals surface area contributed by atoms with Gasteiger partial charge in [-0.2, -0.15) is 5.26 Å². The Morgan fingerprint density at radius 1 is 1.25 bits per heavy atom. The third-order valence-corrected chi connectivity index (χ3v) is 4.94. The van der Waals surface area contributed by atoms with Crippen molar-refractivity contribution in [3.05, 3.63) is 40.5 Å². The van der Waals surface area contributed by atoms with Crippen LogP contribution in [0.3, 0.4) is 0 Å². The lowest BCUT2D eigenvalue weighted by Crippen LogP contribution is -2.30. The molecule has 2 aromatic rings. The van der Waals surface area contributed by atoms with Gasteiger partial charge in [-0.15, -0.1) is 0 Å². The second-order valence-corrected chi connectivity index (χ2v) is 7.32. The summed E-state index contributed by atoms with van der Waals surface area (Å²) in [5, 5.41) is 12.7. The summed E-state index contributed by atoms with van der Waals surface area (Å²) in [5.41, 5.74) is 3.18. The number of aryl methyl sites for hydroxylation is 2. The Balaban J connectivity index is 1.82. The smallest absolute Gasteiger partial charge is 0.291 e. The van der Waals surface area contributed by atoms with Gasteiger partial charge in [0.15, 0.2) is 0 Å². The maximum Gasteiger partial charge on any atom is 0.291 e. The maximum absolute atomic E-state index is 12.3. The molecule has 28 heavy (non-hydrogen) atoms. The summed E-state index contributed by atoms with van der Waals surface area (Å²) in [6.45, 7) is 7.30. The van der Waals surface area contributed by atoms with Crippen LogP contribution in [-0.4, -0.2) is 59.0 Å². The first-order valence-electron chi connectivity index (χ1n) is 9.26. The van der Waals surface area contributed by atoms with Gasteiger partial charge in [-0.1, -0.05) is 0 Å². The van der Waals surface area contributed by atoms with Crippen LogP contribution < -0.4 is 10.2 Å². The fraction of sp³-hybridized carbons (Fsp3) is 0.450. The lowest BCUT2D eigenvalue weighted by molar-refractivity contribution is 0.0815. The number of rotatable bonds is 4. The van der Waals surface area contributed by atoms with Gasteiger partial charge in [-0.05, 0) is 39.3 Å². The van der Waals surface area contributed by atoms with E-state index in [0.29, 0.717) is 17.9 Å². The van der Waals surface area contributed by atoms with E-state index in [1.165, 1.54) is 4.90 Å². The van der Waals surface area contributed by atoms with E-state index >= 15 is 0 Å². The van der Waals surface area contributed by atoms with Crippen molar-refractivity contribution >= 4 is 17.5 Å². The molecule has 1 atom stereocenters. The van der Waals surface area contributed by atoms with E-state index in [9.17, 15) is 10.1 Å². The largest absolute Gasteiger partial charge is 0.364 e. The number of anilines is 2. The summed E-state index contributed by atoms with van der Waals surface area (Å²) >= 11 is 0. The maximum atomic E-state index is 12.3. The van der Waals surface area contributed by atoms with Crippen molar-refractivity contribution in [1.29, 1.82) is 5.26 Å². The van der Waals surface area contributed by atoms with Crippen molar-refractivity contribution < 1.29 is 4.79 Å². The lowest BCUT2D eigenvalue weighted by atomic mass is 10.2. The molecule has 1 aliphatic rings. The summed E-state index contributed by atoms with van der Waals surface area (Å²) in [4.78, 5) is 29.3. The Labute approximate surface area is 165 Å². The Bertz CT molecular complexity index is 948. The van der Waals surface area contributed by atoms with Crippen LogP contribution in [-0.2, 0) is 0 Å². The topological polar surface area (TPSA) is 98.0 Å². The van der Waals surface area contributed by atoms with Crippen molar-refractivity contribution in [2.45, 2.75) is 33.2 Å². The Kier molecular flexibility index (Phi) is 5.45. The van der Waals surface area contributed by atoms with Gasteiger partial charge in [0.05, 0.1) is 5.56 Å². The number of amides is 1. The predicted octanol–water partition coefficient (Wildman–Crippen LogP) is 2.06. The third-order valence-electron chi connectivity index (χ3n) is 4.94. The molecule has 3 rings (SSSR count). The van der Waals surface area contributed by atoms with E-state index in [1.54, 1.807) is 20.2 Å². The average Bonchev–Trinajstić information content (AvgIpc) is 3.11. The number of aromatic nitrogens is 3. The molecule has 0 aromatic carbocycles. The second-order valence-electron chi connectivity index (χ2n) is 7.32. The SMILES string of the molecule is Cc1ccc(C#N)c(N[C@@H]2CCN(c3nc(C(=O)N(C)C)nc(C)c3C)C2)n1. The van der Waals surface area contributed by atoms with Crippen LogP contribution in [0.15, 0.2) is 12.1 Å². The van der Waals surface area contributed by atoms with Gasteiger partial charge >= 0.3 is 0 Å². The molecule has 3 heterocycles. The van der Waals surface area contributed by atoms with E-state index in [0.717, 1.165) is 35.7 Å². The predicted molar refractivity (Wildman–Crippen MR) is 107 cm³/mol. The number of nitrogens with zero attached hydrogens (tertiary/aromatic N) is 6. The molecule has 0 aliphatic carbocycles. The van der Waals surface area contributed by atoms with Crippen molar-refractivity contribution in [2.75, 3.05) is 37.4 Å². The summed E-state index contributed by atoms with van der Waals surface area (Å²) in [6.07, 6.45) is 0.889. The van der Waals surface area contributed by atoms with Gasteiger partial charge in [0, 0.05) is 50.2 Å². The minimum absolute atomic E-state index is 0.143. The zero-order valence-corrected chi connectivity index (χ0v) is 16.9. The Morgan fingerprint density at radius 3 is 2.68 bits per heavy atom. The van der Waals surface area contributed by atoms with E-state index in [-0.39, 0.29) is 17.8 Å². The molecule has 0 unspecified atom stereocenters. The molecular formula is C20H25N7O. The van der Waals surface area contributed by atoms with Crippen molar-refractivity contribution in [2.24, 2.45) is 0 Å². The third kappa shape index (κ3) is 3.88. The Hall–Kier alpha value is -3.21. The number of carbonyl (C=O) groups is 1. The van der Waals surface area contributed by atoms with Crippen LogP contribution in [0.5, 0.6) is 0 Å². The van der Waals surface area contributed by atoms with E-state index in [2.05, 4.69) is 31.2 Å². The molecule has 2 aromatic heterocycles. The number of nitrogens with one attached hydrogen (secondary N) is 1. The second kappa shape index (κ2) is 7.80. The van der Waals surface area contributed by atoms with Crippen LogP contribution in [0.4, 0.5) is 11.6 Å². The first kappa shape index (κ1) is 19.5. The first-order valence-corrected chi connectivity index (χ1v) is 9.26. The average molecular weight is 379 g/mol. The molecule has 0 radical (unpaired) electrons. The molecule has 0 saturated carbocycles. The van der Waals surface area contributed by atoms with Crippen LogP contribution >= 0.6 is 0 Å². The van der Waals surface area contributed by atoms with Crippen LogP contribution in [0, 0.1) is 32.1 Å². The highest BCUT2D eigenvalue weighted by Gasteiger charge is 2.27. The minimum Gasteiger partial charge on any atom is -0.364 e. The number of nitriles is 1.